The van der Waals surface area contributed by atoms with E-state index in [2.05, 4.69) is 0 Å². The standard InChI is InChI=1S/C14H12ClNO3/c15-10-6-4-9(5-7-10)8-19-12-3-1-2-11(16)13(12)14(17)18/h1-7H,8,16H2,(H,17,18). The Morgan fingerprint density at radius 1 is 1.21 bits per heavy atom. The van der Waals surface area contributed by atoms with Crippen molar-refractivity contribution in [3.63, 3.8) is 0 Å². The number of aromatic carboxylic acids is 1. The van der Waals surface area contributed by atoms with Gasteiger partial charge in [0.05, 0.1) is 0 Å². The highest BCUT2D eigenvalue weighted by Crippen LogP contribution is 2.25. The zero-order valence-corrected chi connectivity index (χ0v) is 10.7. The van der Waals surface area contributed by atoms with Gasteiger partial charge >= 0.3 is 5.97 Å². The first-order chi connectivity index (χ1) is 9.08. The molecule has 0 saturated carbocycles. The van der Waals surface area contributed by atoms with Crippen molar-refractivity contribution in [2.75, 3.05) is 5.73 Å². The molecule has 0 heterocycles. The second-order valence-electron chi connectivity index (χ2n) is 3.94. The van der Waals surface area contributed by atoms with Crippen LogP contribution in [0.5, 0.6) is 5.75 Å². The maximum Gasteiger partial charge on any atom is 0.341 e. The van der Waals surface area contributed by atoms with Crippen molar-refractivity contribution in [3.05, 3.63) is 58.6 Å². The Labute approximate surface area is 115 Å². The molecule has 2 aromatic rings. The molecule has 0 amide bonds. The van der Waals surface area contributed by atoms with Crippen LogP contribution in [0.15, 0.2) is 42.5 Å². The number of carbonyl (C=O) groups is 1. The van der Waals surface area contributed by atoms with Gasteiger partial charge in [-0.15, -0.1) is 0 Å². The molecule has 3 N–H and O–H groups in total. The molecule has 2 rings (SSSR count). The summed E-state index contributed by atoms with van der Waals surface area (Å²) in [6, 6.07) is 11.9. The fraction of sp³-hybridized carbons (Fsp3) is 0.0714. The van der Waals surface area contributed by atoms with Gasteiger partial charge in [0.15, 0.2) is 0 Å². The van der Waals surface area contributed by atoms with E-state index in [1.807, 2.05) is 12.1 Å². The average molecular weight is 278 g/mol. The molecule has 2 aromatic carbocycles. The highest BCUT2D eigenvalue weighted by atomic mass is 35.5. The van der Waals surface area contributed by atoms with Gasteiger partial charge in [0.1, 0.15) is 17.9 Å². The second kappa shape index (κ2) is 5.63. The predicted octanol–water partition coefficient (Wildman–Crippen LogP) is 3.20. The molecule has 0 unspecified atom stereocenters. The Hall–Kier alpha value is -2.20. The normalized spacial score (nSPS) is 10.2. The molecular formula is C14H12ClNO3. The van der Waals surface area contributed by atoms with Crippen molar-refractivity contribution in [2.45, 2.75) is 6.61 Å². The van der Waals surface area contributed by atoms with Crippen LogP contribution < -0.4 is 10.5 Å². The van der Waals surface area contributed by atoms with Crippen molar-refractivity contribution in [3.8, 4) is 5.75 Å². The summed E-state index contributed by atoms with van der Waals surface area (Å²) in [7, 11) is 0. The van der Waals surface area contributed by atoms with E-state index >= 15 is 0 Å². The fourth-order valence-electron chi connectivity index (χ4n) is 1.64. The van der Waals surface area contributed by atoms with Crippen LogP contribution in [0.2, 0.25) is 5.02 Å². The summed E-state index contributed by atoms with van der Waals surface area (Å²) in [4.78, 5) is 11.1. The van der Waals surface area contributed by atoms with E-state index in [0.717, 1.165) is 5.56 Å². The summed E-state index contributed by atoms with van der Waals surface area (Å²) >= 11 is 5.78. The number of nitrogen functional groups attached to an aromatic ring is 1. The first-order valence-electron chi connectivity index (χ1n) is 5.57. The average Bonchev–Trinajstić information content (AvgIpc) is 2.37. The van der Waals surface area contributed by atoms with E-state index in [0.29, 0.717) is 5.02 Å². The molecule has 0 aliphatic carbocycles. The molecule has 98 valence electrons. The topological polar surface area (TPSA) is 72.5 Å². The minimum absolute atomic E-state index is 0.0172. The van der Waals surface area contributed by atoms with E-state index in [4.69, 9.17) is 27.2 Å². The lowest BCUT2D eigenvalue weighted by Crippen LogP contribution is -2.06. The Bertz CT molecular complexity index is 596. The van der Waals surface area contributed by atoms with Crippen LogP contribution in [-0.2, 0) is 6.61 Å². The third-order valence-electron chi connectivity index (χ3n) is 2.58. The third kappa shape index (κ3) is 3.17. The van der Waals surface area contributed by atoms with Crippen molar-refractivity contribution >= 4 is 23.3 Å². The highest BCUT2D eigenvalue weighted by molar-refractivity contribution is 6.30. The molecule has 0 spiro atoms. The van der Waals surface area contributed by atoms with Crippen LogP contribution in [0.3, 0.4) is 0 Å². The fourth-order valence-corrected chi connectivity index (χ4v) is 1.76. The van der Waals surface area contributed by atoms with E-state index in [-0.39, 0.29) is 23.6 Å². The quantitative estimate of drug-likeness (QED) is 0.842. The maximum atomic E-state index is 11.1. The van der Waals surface area contributed by atoms with Gasteiger partial charge in [0.2, 0.25) is 0 Å². The van der Waals surface area contributed by atoms with Crippen LogP contribution in [0, 0.1) is 0 Å². The molecule has 0 saturated heterocycles. The molecular weight excluding hydrogens is 266 g/mol. The highest BCUT2D eigenvalue weighted by Gasteiger charge is 2.14. The van der Waals surface area contributed by atoms with Crippen LogP contribution in [-0.4, -0.2) is 11.1 Å². The zero-order chi connectivity index (χ0) is 13.8. The summed E-state index contributed by atoms with van der Waals surface area (Å²) in [5, 5.41) is 9.74. The SMILES string of the molecule is Nc1cccc(OCc2ccc(Cl)cc2)c1C(=O)O. The molecule has 4 nitrogen and oxygen atoms in total. The van der Waals surface area contributed by atoms with E-state index in [1.54, 1.807) is 24.3 Å². The number of halogens is 1. The summed E-state index contributed by atoms with van der Waals surface area (Å²) in [5.41, 5.74) is 6.69. The number of benzene rings is 2. The van der Waals surface area contributed by atoms with Crippen LogP contribution in [0.4, 0.5) is 5.69 Å². The number of ether oxygens (including phenoxy) is 1. The summed E-state index contributed by atoms with van der Waals surface area (Å²) in [5.74, 6) is -0.855. The Kier molecular flexibility index (Phi) is 3.92. The van der Waals surface area contributed by atoms with Gasteiger partial charge < -0.3 is 15.6 Å². The van der Waals surface area contributed by atoms with Crippen molar-refractivity contribution in [2.24, 2.45) is 0 Å². The number of hydrogen-bond acceptors (Lipinski definition) is 3. The number of carboxylic acids is 1. The second-order valence-corrected chi connectivity index (χ2v) is 4.38. The van der Waals surface area contributed by atoms with Crippen molar-refractivity contribution < 1.29 is 14.6 Å². The molecule has 0 radical (unpaired) electrons. The van der Waals surface area contributed by atoms with Crippen LogP contribution >= 0.6 is 11.6 Å². The molecule has 0 bridgehead atoms. The number of carboxylic acid groups (broad SMARTS) is 1. The van der Waals surface area contributed by atoms with E-state index in [1.165, 1.54) is 6.07 Å². The number of nitrogens with two attached hydrogens (primary N) is 1. The van der Waals surface area contributed by atoms with Gasteiger partial charge in [-0.2, -0.15) is 0 Å². The lowest BCUT2D eigenvalue weighted by atomic mass is 10.1. The molecule has 5 heteroatoms. The first-order valence-corrected chi connectivity index (χ1v) is 5.95. The molecule has 0 aromatic heterocycles. The van der Waals surface area contributed by atoms with Gasteiger partial charge in [-0.25, -0.2) is 4.79 Å². The Morgan fingerprint density at radius 2 is 1.89 bits per heavy atom. The van der Waals surface area contributed by atoms with Crippen molar-refractivity contribution in [1.29, 1.82) is 0 Å². The maximum absolute atomic E-state index is 11.1. The predicted molar refractivity (Wildman–Crippen MR) is 73.6 cm³/mol. The third-order valence-corrected chi connectivity index (χ3v) is 2.83. The molecule has 0 fully saturated rings. The van der Waals surface area contributed by atoms with Gasteiger partial charge in [-0.1, -0.05) is 29.8 Å². The minimum Gasteiger partial charge on any atom is -0.488 e. The van der Waals surface area contributed by atoms with Gasteiger partial charge in [0, 0.05) is 10.7 Å². The Balaban J connectivity index is 2.18. The van der Waals surface area contributed by atoms with Crippen molar-refractivity contribution in [1.82, 2.24) is 0 Å². The minimum atomic E-state index is -1.11. The zero-order valence-electron chi connectivity index (χ0n) is 9.97. The molecule has 19 heavy (non-hydrogen) atoms. The summed E-state index contributed by atoms with van der Waals surface area (Å²) in [6.45, 7) is 0.251. The number of anilines is 1. The lowest BCUT2D eigenvalue weighted by Gasteiger charge is -2.10. The number of hydrogen-bond donors (Lipinski definition) is 2. The molecule has 0 atom stereocenters. The van der Waals surface area contributed by atoms with Crippen LogP contribution in [0.25, 0.3) is 0 Å². The summed E-state index contributed by atoms with van der Waals surface area (Å²) < 4.78 is 5.50. The molecule has 0 aliphatic heterocycles. The smallest absolute Gasteiger partial charge is 0.341 e. The monoisotopic (exact) mass is 277 g/mol. The lowest BCUT2D eigenvalue weighted by molar-refractivity contribution is 0.0693. The first kappa shape index (κ1) is 13.2. The summed E-state index contributed by atoms with van der Waals surface area (Å²) in [6.07, 6.45) is 0. The van der Waals surface area contributed by atoms with Gasteiger partial charge in [-0.3, -0.25) is 0 Å². The van der Waals surface area contributed by atoms with Gasteiger partial charge in [0.25, 0.3) is 0 Å². The van der Waals surface area contributed by atoms with Crippen LogP contribution in [0.1, 0.15) is 15.9 Å². The largest absolute Gasteiger partial charge is 0.488 e. The van der Waals surface area contributed by atoms with E-state index in [9.17, 15) is 4.79 Å². The van der Waals surface area contributed by atoms with E-state index < -0.39 is 5.97 Å². The molecule has 0 aliphatic rings. The number of rotatable bonds is 4. The van der Waals surface area contributed by atoms with Gasteiger partial charge in [-0.05, 0) is 29.8 Å². The Morgan fingerprint density at radius 3 is 2.53 bits per heavy atom.